The zero-order chi connectivity index (χ0) is 20.3. The van der Waals surface area contributed by atoms with E-state index in [9.17, 15) is 9.59 Å². The summed E-state index contributed by atoms with van der Waals surface area (Å²) >= 11 is 0. The number of fused-ring (bicyclic) bond motifs is 1. The molecule has 1 unspecified atom stereocenters. The van der Waals surface area contributed by atoms with Gasteiger partial charge in [-0.1, -0.05) is 24.6 Å². The molecule has 0 fully saturated rings. The normalized spacial score (nSPS) is 19.9. The van der Waals surface area contributed by atoms with Gasteiger partial charge in [0.2, 0.25) is 0 Å². The zero-order valence-electron chi connectivity index (χ0n) is 16.5. The standard InChI is InChI=1S/C22H24N2O4/c1-5-16-13(2)17-8-7-15(12-18(17)24-22(16)26)23-21(25)11-14-6-9-19(27-3)20(10-14)28-4/h6-10,12,17H,5,11H2,1-4H3,(H,24,26). The third kappa shape index (κ3) is 3.91. The maximum atomic E-state index is 12.4. The van der Waals surface area contributed by atoms with Crippen LogP contribution in [0.3, 0.4) is 0 Å². The topological polar surface area (TPSA) is 77.0 Å². The highest BCUT2D eigenvalue weighted by Gasteiger charge is 2.28. The smallest absolute Gasteiger partial charge is 0.251 e. The maximum absolute atomic E-state index is 12.4. The van der Waals surface area contributed by atoms with Crippen molar-refractivity contribution in [3.63, 3.8) is 0 Å². The quantitative estimate of drug-likeness (QED) is 0.851. The Morgan fingerprint density at radius 1 is 1.21 bits per heavy atom. The van der Waals surface area contributed by atoms with E-state index in [2.05, 4.69) is 10.3 Å². The van der Waals surface area contributed by atoms with E-state index in [-0.39, 0.29) is 24.2 Å². The third-order valence-corrected chi connectivity index (χ3v) is 4.98. The van der Waals surface area contributed by atoms with E-state index in [0.717, 1.165) is 22.4 Å². The molecule has 0 saturated heterocycles. The SMILES string of the molecule is CCC1=C(C)C2C=CC(=NC(=O)Cc3ccc(OC)c(OC)c3)C=C2NC1=O. The molecule has 3 rings (SSSR count). The Balaban J connectivity index is 1.77. The van der Waals surface area contributed by atoms with Gasteiger partial charge in [0.15, 0.2) is 11.5 Å². The van der Waals surface area contributed by atoms with Gasteiger partial charge in [0.1, 0.15) is 0 Å². The van der Waals surface area contributed by atoms with Crippen LogP contribution in [0.2, 0.25) is 0 Å². The van der Waals surface area contributed by atoms with Crippen molar-refractivity contribution in [1.82, 2.24) is 5.32 Å². The van der Waals surface area contributed by atoms with Crippen LogP contribution in [-0.2, 0) is 16.0 Å². The fourth-order valence-corrected chi connectivity index (χ4v) is 3.52. The molecule has 1 N–H and O–H groups in total. The van der Waals surface area contributed by atoms with Gasteiger partial charge in [0.05, 0.1) is 26.4 Å². The molecule has 0 saturated carbocycles. The van der Waals surface area contributed by atoms with Crippen LogP contribution in [0.4, 0.5) is 0 Å². The minimum atomic E-state index is -0.272. The molecular formula is C22H24N2O4. The number of nitrogens with one attached hydrogen (secondary N) is 1. The van der Waals surface area contributed by atoms with Gasteiger partial charge >= 0.3 is 0 Å². The highest BCUT2D eigenvalue weighted by Crippen LogP contribution is 2.31. The monoisotopic (exact) mass is 380 g/mol. The molecule has 1 aliphatic carbocycles. The molecule has 0 radical (unpaired) electrons. The number of methoxy groups -OCH3 is 2. The van der Waals surface area contributed by atoms with Gasteiger partial charge in [0, 0.05) is 17.2 Å². The van der Waals surface area contributed by atoms with Crippen molar-refractivity contribution >= 4 is 17.5 Å². The van der Waals surface area contributed by atoms with Crippen LogP contribution < -0.4 is 14.8 Å². The first-order chi connectivity index (χ1) is 13.5. The molecule has 0 spiro atoms. The summed E-state index contributed by atoms with van der Waals surface area (Å²) in [5.41, 5.74) is 3.94. The van der Waals surface area contributed by atoms with E-state index >= 15 is 0 Å². The number of allylic oxidation sites excluding steroid dienone is 3. The minimum Gasteiger partial charge on any atom is -0.493 e. The third-order valence-electron chi connectivity index (χ3n) is 4.98. The number of carbonyl (C=O) groups excluding carboxylic acids is 2. The van der Waals surface area contributed by atoms with Crippen LogP contribution >= 0.6 is 0 Å². The summed E-state index contributed by atoms with van der Waals surface area (Å²) in [6.45, 7) is 3.95. The van der Waals surface area contributed by atoms with E-state index in [4.69, 9.17) is 9.47 Å². The molecule has 0 bridgehead atoms. The van der Waals surface area contributed by atoms with Gasteiger partial charge in [-0.15, -0.1) is 0 Å². The van der Waals surface area contributed by atoms with Crippen molar-refractivity contribution < 1.29 is 19.1 Å². The average molecular weight is 380 g/mol. The number of benzene rings is 1. The second-order valence-electron chi connectivity index (χ2n) is 6.70. The van der Waals surface area contributed by atoms with Gasteiger partial charge in [-0.2, -0.15) is 0 Å². The van der Waals surface area contributed by atoms with Crippen LogP contribution in [0, 0.1) is 5.92 Å². The van der Waals surface area contributed by atoms with Crippen molar-refractivity contribution in [3.8, 4) is 11.5 Å². The summed E-state index contributed by atoms with van der Waals surface area (Å²) in [4.78, 5) is 28.8. The summed E-state index contributed by atoms with van der Waals surface area (Å²) in [6.07, 6.45) is 6.41. The number of carbonyl (C=O) groups is 2. The molecule has 6 heteroatoms. The largest absolute Gasteiger partial charge is 0.493 e. The molecule has 146 valence electrons. The van der Waals surface area contributed by atoms with Crippen LogP contribution in [0.15, 0.2) is 58.3 Å². The number of ether oxygens (including phenoxy) is 2. The Labute approximate surface area is 164 Å². The number of rotatable bonds is 5. The number of hydrogen-bond donors (Lipinski definition) is 1. The Morgan fingerprint density at radius 3 is 2.64 bits per heavy atom. The van der Waals surface area contributed by atoms with E-state index in [1.807, 2.05) is 32.1 Å². The molecule has 1 aromatic carbocycles. The fourth-order valence-electron chi connectivity index (χ4n) is 3.52. The fraction of sp³-hybridized carbons (Fsp3) is 0.318. The number of nitrogens with zero attached hydrogens (tertiary/aromatic N) is 1. The molecule has 1 aromatic rings. The first kappa shape index (κ1) is 19.6. The van der Waals surface area contributed by atoms with Crippen LogP contribution in [0.25, 0.3) is 0 Å². The first-order valence-corrected chi connectivity index (χ1v) is 9.20. The predicted octanol–water partition coefficient (Wildman–Crippen LogP) is 3.14. The lowest BCUT2D eigenvalue weighted by Gasteiger charge is -2.29. The lowest BCUT2D eigenvalue weighted by Crippen LogP contribution is -2.36. The van der Waals surface area contributed by atoms with E-state index < -0.39 is 0 Å². The molecule has 1 aliphatic heterocycles. The highest BCUT2D eigenvalue weighted by molar-refractivity contribution is 6.11. The molecule has 1 heterocycles. The minimum absolute atomic E-state index is 0.0348. The lowest BCUT2D eigenvalue weighted by atomic mass is 9.84. The predicted molar refractivity (Wildman–Crippen MR) is 108 cm³/mol. The molecule has 2 aliphatic rings. The van der Waals surface area contributed by atoms with Gasteiger partial charge in [0.25, 0.3) is 11.8 Å². The molecule has 1 atom stereocenters. The van der Waals surface area contributed by atoms with E-state index in [1.54, 1.807) is 32.4 Å². The summed E-state index contributed by atoms with van der Waals surface area (Å²) in [5.74, 6) is 0.868. The number of hydrogen-bond acceptors (Lipinski definition) is 4. The molecule has 2 amide bonds. The first-order valence-electron chi connectivity index (χ1n) is 9.20. The lowest BCUT2D eigenvalue weighted by molar-refractivity contribution is -0.118. The number of amides is 2. The highest BCUT2D eigenvalue weighted by atomic mass is 16.5. The van der Waals surface area contributed by atoms with Crippen molar-refractivity contribution in [3.05, 3.63) is 58.8 Å². The zero-order valence-corrected chi connectivity index (χ0v) is 16.5. The van der Waals surface area contributed by atoms with Gasteiger partial charge < -0.3 is 14.8 Å². The van der Waals surface area contributed by atoms with Crippen LogP contribution in [0.1, 0.15) is 25.8 Å². The Morgan fingerprint density at radius 2 is 1.96 bits per heavy atom. The van der Waals surface area contributed by atoms with Crippen molar-refractivity contribution in [2.24, 2.45) is 10.9 Å². The van der Waals surface area contributed by atoms with Crippen LogP contribution in [-0.4, -0.2) is 31.7 Å². The van der Waals surface area contributed by atoms with E-state index in [0.29, 0.717) is 23.6 Å². The Hall–Kier alpha value is -3.15. The van der Waals surface area contributed by atoms with Crippen molar-refractivity contribution in [2.75, 3.05) is 14.2 Å². The summed E-state index contributed by atoms with van der Waals surface area (Å²) < 4.78 is 10.5. The molecular weight excluding hydrogens is 356 g/mol. The summed E-state index contributed by atoms with van der Waals surface area (Å²) in [6, 6.07) is 5.34. The van der Waals surface area contributed by atoms with Gasteiger partial charge in [-0.05, 0) is 43.2 Å². The van der Waals surface area contributed by atoms with E-state index in [1.165, 1.54) is 0 Å². The summed E-state index contributed by atoms with van der Waals surface area (Å²) in [7, 11) is 3.12. The van der Waals surface area contributed by atoms with Gasteiger partial charge in [-0.3, -0.25) is 9.59 Å². The summed E-state index contributed by atoms with van der Waals surface area (Å²) in [5, 5.41) is 2.92. The number of aliphatic imine (C=N–C) groups is 1. The van der Waals surface area contributed by atoms with Gasteiger partial charge in [-0.25, -0.2) is 4.99 Å². The second-order valence-corrected chi connectivity index (χ2v) is 6.70. The Kier molecular flexibility index (Phi) is 5.78. The average Bonchev–Trinajstić information content (AvgIpc) is 2.67. The van der Waals surface area contributed by atoms with Crippen molar-refractivity contribution in [1.29, 1.82) is 0 Å². The Bertz CT molecular complexity index is 938. The molecule has 0 aromatic heterocycles. The second kappa shape index (κ2) is 8.25. The van der Waals surface area contributed by atoms with Crippen molar-refractivity contribution in [2.45, 2.75) is 26.7 Å². The molecule has 28 heavy (non-hydrogen) atoms. The maximum Gasteiger partial charge on any atom is 0.251 e. The van der Waals surface area contributed by atoms with Crippen LogP contribution in [0.5, 0.6) is 11.5 Å². The molecule has 6 nitrogen and oxygen atoms in total.